The summed E-state index contributed by atoms with van der Waals surface area (Å²) in [6.07, 6.45) is 2.47. The summed E-state index contributed by atoms with van der Waals surface area (Å²) in [5.41, 5.74) is 4.30. The third-order valence-electron chi connectivity index (χ3n) is 4.74. The number of carbonyl (C=O) groups is 1. The topological polar surface area (TPSA) is 97.3 Å². The predicted molar refractivity (Wildman–Crippen MR) is 145 cm³/mol. The Morgan fingerprint density at radius 3 is 2.56 bits per heavy atom. The molecule has 11 heteroatoms. The molecule has 0 atom stereocenters. The van der Waals surface area contributed by atoms with Crippen LogP contribution in [0.1, 0.15) is 18.1 Å². The number of benzene rings is 3. The molecule has 36 heavy (non-hydrogen) atoms. The minimum Gasteiger partial charge on any atom is -0.490 e. The van der Waals surface area contributed by atoms with Crippen LogP contribution in [0.2, 0.25) is 5.02 Å². The van der Waals surface area contributed by atoms with Gasteiger partial charge in [-0.1, -0.05) is 45.7 Å². The number of hydrogen-bond donors (Lipinski definition) is 1. The maximum absolute atomic E-state index is 12.4. The Kier molecular flexibility index (Phi) is 9.74. The molecule has 0 fully saturated rings. The highest BCUT2D eigenvalue weighted by Crippen LogP contribution is 2.29. The van der Waals surface area contributed by atoms with Gasteiger partial charge in [-0.25, -0.2) is 13.8 Å². The number of carbonyl (C=O) groups excluding carboxylic acids is 1. The molecule has 3 aromatic carbocycles. The Labute approximate surface area is 224 Å². The number of rotatable bonds is 11. The van der Waals surface area contributed by atoms with Crippen LogP contribution < -0.4 is 19.2 Å². The summed E-state index contributed by atoms with van der Waals surface area (Å²) in [4.78, 5) is 12.4. The lowest BCUT2D eigenvalue weighted by Crippen LogP contribution is -2.39. The number of amides is 1. The van der Waals surface area contributed by atoms with Crippen molar-refractivity contribution in [2.45, 2.75) is 13.5 Å². The van der Waals surface area contributed by atoms with Gasteiger partial charge in [-0.05, 0) is 66.6 Å². The molecule has 0 radical (unpaired) electrons. The third-order valence-corrected chi connectivity index (χ3v) is 6.61. The van der Waals surface area contributed by atoms with Crippen LogP contribution in [0.25, 0.3) is 0 Å². The van der Waals surface area contributed by atoms with Crippen LogP contribution in [0.3, 0.4) is 0 Å². The van der Waals surface area contributed by atoms with Crippen LogP contribution in [0.15, 0.2) is 76.3 Å². The summed E-state index contributed by atoms with van der Waals surface area (Å²) >= 11 is 9.33. The Hall–Kier alpha value is -3.08. The third kappa shape index (κ3) is 8.25. The normalized spacial score (nSPS) is 11.3. The summed E-state index contributed by atoms with van der Waals surface area (Å²) in [6.45, 7) is 2.19. The number of sulfonamides is 1. The lowest BCUT2D eigenvalue weighted by molar-refractivity contribution is -0.119. The first-order valence-electron chi connectivity index (χ1n) is 10.8. The van der Waals surface area contributed by atoms with Gasteiger partial charge in [0.15, 0.2) is 11.5 Å². The number of halogens is 2. The van der Waals surface area contributed by atoms with E-state index in [1.807, 2.05) is 25.1 Å². The van der Waals surface area contributed by atoms with Gasteiger partial charge < -0.3 is 9.47 Å². The highest BCUT2D eigenvalue weighted by Gasteiger charge is 2.20. The van der Waals surface area contributed by atoms with Crippen molar-refractivity contribution < 1.29 is 22.7 Å². The molecule has 0 unspecified atom stereocenters. The van der Waals surface area contributed by atoms with Gasteiger partial charge in [0.25, 0.3) is 5.91 Å². The molecule has 0 bridgehead atoms. The Balaban J connectivity index is 1.65. The highest BCUT2D eigenvalue weighted by molar-refractivity contribution is 9.10. The maximum atomic E-state index is 12.4. The number of nitrogens with one attached hydrogen (secondary N) is 1. The van der Waals surface area contributed by atoms with E-state index in [1.54, 1.807) is 48.5 Å². The summed E-state index contributed by atoms with van der Waals surface area (Å²) < 4.78 is 37.7. The van der Waals surface area contributed by atoms with E-state index < -0.39 is 22.5 Å². The fourth-order valence-electron chi connectivity index (χ4n) is 3.16. The van der Waals surface area contributed by atoms with Gasteiger partial charge >= 0.3 is 0 Å². The van der Waals surface area contributed by atoms with Crippen LogP contribution >= 0.6 is 27.5 Å². The largest absolute Gasteiger partial charge is 0.490 e. The summed E-state index contributed by atoms with van der Waals surface area (Å²) in [5.74, 6) is 0.478. The second-order valence-electron chi connectivity index (χ2n) is 7.60. The zero-order valence-corrected chi connectivity index (χ0v) is 22.8. The molecule has 0 aromatic heterocycles. The highest BCUT2D eigenvalue weighted by atomic mass is 79.9. The molecular formula is C25H25BrClN3O5S. The first-order chi connectivity index (χ1) is 17.2. The second kappa shape index (κ2) is 12.8. The van der Waals surface area contributed by atoms with E-state index in [4.69, 9.17) is 21.1 Å². The quantitative estimate of drug-likeness (QED) is 0.249. The molecule has 0 aliphatic heterocycles. The van der Waals surface area contributed by atoms with E-state index in [0.717, 1.165) is 16.1 Å². The zero-order chi connectivity index (χ0) is 26.1. The maximum Gasteiger partial charge on any atom is 0.260 e. The van der Waals surface area contributed by atoms with Crippen LogP contribution in [0.4, 0.5) is 5.69 Å². The van der Waals surface area contributed by atoms with Gasteiger partial charge in [-0.3, -0.25) is 9.10 Å². The smallest absolute Gasteiger partial charge is 0.260 e. The molecule has 0 saturated heterocycles. The van der Waals surface area contributed by atoms with Crippen molar-refractivity contribution in [1.82, 2.24) is 5.43 Å². The van der Waals surface area contributed by atoms with Crippen LogP contribution in [0.5, 0.6) is 11.5 Å². The van der Waals surface area contributed by atoms with Crippen molar-refractivity contribution in [3.8, 4) is 11.5 Å². The SMILES string of the molecule is CCOc1cc(/C=N\NC(=O)CN(c2cccc(Br)c2)S(C)(=O)=O)ccc1OCc1cccc(Cl)c1. The van der Waals surface area contributed by atoms with Gasteiger partial charge in [0.05, 0.1) is 24.8 Å². The fraction of sp³-hybridized carbons (Fsp3) is 0.200. The van der Waals surface area contributed by atoms with Crippen molar-refractivity contribution >= 4 is 55.4 Å². The van der Waals surface area contributed by atoms with Gasteiger partial charge in [-0.2, -0.15) is 5.10 Å². The first-order valence-corrected chi connectivity index (χ1v) is 13.9. The van der Waals surface area contributed by atoms with Crippen LogP contribution in [-0.2, 0) is 21.4 Å². The average Bonchev–Trinajstić information content (AvgIpc) is 2.81. The van der Waals surface area contributed by atoms with E-state index >= 15 is 0 Å². The number of anilines is 1. The Morgan fingerprint density at radius 2 is 1.86 bits per heavy atom. The van der Waals surface area contributed by atoms with Crippen LogP contribution in [0, 0.1) is 0 Å². The van der Waals surface area contributed by atoms with E-state index in [1.165, 1.54) is 6.21 Å². The minimum atomic E-state index is -3.69. The molecule has 0 heterocycles. The number of hydrogen-bond acceptors (Lipinski definition) is 6. The second-order valence-corrected chi connectivity index (χ2v) is 10.9. The fourth-order valence-corrected chi connectivity index (χ4v) is 4.60. The van der Waals surface area contributed by atoms with E-state index in [9.17, 15) is 13.2 Å². The molecule has 0 spiro atoms. The summed E-state index contributed by atoms with van der Waals surface area (Å²) in [5, 5.41) is 4.59. The van der Waals surface area contributed by atoms with Crippen molar-refractivity contribution in [2.75, 3.05) is 23.7 Å². The lowest BCUT2D eigenvalue weighted by Gasteiger charge is -2.21. The van der Waals surface area contributed by atoms with Crippen molar-refractivity contribution in [3.05, 3.63) is 87.4 Å². The number of nitrogens with zero attached hydrogens (tertiary/aromatic N) is 2. The summed E-state index contributed by atoms with van der Waals surface area (Å²) in [7, 11) is -3.69. The molecule has 1 amide bonds. The van der Waals surface area contributed by atoms with E-state index in [2.05, 4.69) is 26.5 Å². The summed E-state index contributed by atoms with van der Waals surface area (Å²) in [6, 6.07) is 19.3. The average molecular weight is 595 g/mol. The monoisotopic (exact) mass is 593 g/mol. The molecule has 8 nitrogen and oxygen atoms in total. The first kappa shape index (κ1) is 27.5. The molecular weight excluding hydrogens is 570 g/mol. The molecule has 0 aliphatic rings. The molecule has 0 aliphatic carbocycles. The zero-order valence-electron chi connectivity index (χ0n) is 19.6. The van der Waals surface area contributed by atoms with Crippen molar-refractivity contribution in [1.29, 1.82) is 0 Å². The standard InChI is InChI=1S/C25H25BrClN3O5S/c1-3-34-24-13-18(10-11-23(24)35-17-19-6-4-8-21(27)12-19)15-28-29-25(31)16-30(36(2,32)33)22-9-5-7-20(26)14-22/h4-15H,3,16-17H2,1-2H3,(H,29,31)/b28-15-. The Bertz CT molecular complexity index is 1350. The van der Waals surface area contributed by atoms with Gasteiger partial charge in [-0.15, -0.1) is 0 Å². The van der Waals surface area contributed by atoms with Gasteiger partial charge in [0.2, 0.25) is 10.0 Å². The lowest BCUT2D eigenvalue weighted by atomic mass is 10.2. The van der Waals surface area contributed by atoms with Gasteiger partial charge in [0, 0.05) is 9.50 Å². The van der Waals surface area contributed by atoms with Gasteiger partial charge in [0.1, 0.15) is 13.2 Å². The van der Waals surface area contributed by atoms with Crippen molar-refractivity contribution in [3.63, 3.8) is 0 Å². The predicted octanol–water partition coefficient (Wildman–Crippen LogP) is 5.00. The Morgan fingerprint density at radius 1 is 1.08 bits per heavy atom. The van der Waals surface area contributed by atoms with E-state index in [0.29, 0.717) is 45.5 Å². The molecule has 0 saturated carbocycles. The molecule has 3 aromatic rings. The number of hydrazone groups is 1. The minimum absolute atomic E-state index is 0.318. The molecule has 1 N–H and O–H groups in total. The molecule has 190 valence electrons. The van der Waals surface area contributed by atoms with Crippen LogP contribution in [-0.4, -0.2) is 39.9 Å². The van der Waals surface area contributed by atoms with Crippen molar-refractivity contribution in [2.24, 2.45) is 5.10 Å². The molecule has 3 rings (SSSR count). The van der Waals surface area contributed by atoms with E-state index in [-0.39, 0.29) is 0 Å². The number of ether oxygens (including phenoxy) is 2.